The van der Waals surface area contributed by atoms with Crippen molar-refractivity contribution in [2.75, 3.05) is 13.7 Å². The van der Waals surface area contributed by atoms with Crippen molar-refractivity contribution in [3.05, 3.63) is 51.5 Å². The molecule has 0 spiro atoms. The number of benzene rings is 1. The maximum Gasteiger partial charge on any atom is 0.118 e. The first-order chi connectivity index (χ1) is 11.1. The van der Waals surface area contributed by atoms with E-state index in [0.29, 0.717) is 19.6 Å². The first-order valence-electron chi connectivity index (χ1n) is 7.57. The highest BCUT2D eigenvalue weighted by Gasteiger charge is 2.07. The van der Waals surface area contributed by atoms with Crippen LogP contribution in [0.25, 0.3) is 6.08 Å². The summed E-state index contributed by atoms with van der Waals surface area (Å²) in [4.78, 5) is 4.37. The van der Waals surface area contributed by atoms with Gasteiger partial charge in [-0.05, 0) is 43.2 Å². The van der Waals surface area contributed by atoms with E-state index in [1.807, 2.05) is 49.6 Å². The van der Waals surface area contributed by atoms with Gasteiger partial charge in [-0.1, -0.05) is 12.1 Å². The number of rotatable bonds is 8. The van der Waals surface area contributed by atoms with Crippen LogP contribution in [0.15, 0.2) is 35.2 Å². The third-order valence-electron chi connectivity index (χ3n) is 3.50. The summed E-state index contributed by atoms with van der Waals surface area (Å²) in [5.41, 5.74) is 2.90. The van der Waals surface area contributed by atoms with E-state index in [1.165, 1.54) is 0 Å². The molecule has 1 atom stereocenters. The lowest BCUT2D eigenvalue weighted by molar-refractivity contribution is 0.0854. The van der Waals surface area contributed by atoms with Gasteiger partial charge in [0.1, 0.15) is 5.75 Å². The second-order valence-electron chi connectivity index (χ2n) is 5.38. The van der Waals surface area contributed by atoms with Gasteiger partial charge in [-0.25, -0.2) is 4.98 Å². The van der Waals surface area contributed by atoms with Crippen molar-refractivity contribution >= 4 is 17.4 Å². The summed E-state index contributed by atoms with van der Waals surface area (Å²) in [5.74, 6) is 0.835. The molecule has 0 fully saturated rings. The predicted octanol–water partition coefficient (Wildman–Crippen LogP) is 3.83. The average molecular weight is 333 g/mol. The van der Waals surface area contributed by atoms with Crippen LogP contribution < -0.4 is 4.74 Å². The molecule has 0 aliphatic heterocycles. The predicted molar refractivity (Wildman–Crippen MR) is 93.8 cm³/mol. The number of methoxy groups -OCH3 is 1. The first kappa shape index (κ1) is 17.7. The molecule has 124 valence electrons. The van der Waals surface area contributed by atoms with Gasteiger partial charge in [-0.2, -0.15) is 0 Å². The Labute approximate surface area is 141 Å². The lowest BCUT2D eigenvalue weighted by atomic mass is 10.1. The van der Waals surface area contributed by atoms with Crippen molar-refractivity contribution in [3.63, 3.8) is 0 Å². The Kier molecular flexibility index (Phi) is 6.77. The standard InChI is InChI=1S/C18H23NO3S/c1-13(10-16-12-23-14(2)19-16)18(20)8-9-22-11-15-4-6-17(21-3)7-5-15/h4-7,10,12,18,20H,8-9,11H2,1-3H3/t18-/m0/s1. The fourth-order valence-corrected chi connectivity index (χ4v) is 2.68. The summed E-state index contributed by atoms with van der Waals surface area (Å²) in [6, 6.07) is 7.78. The minimum atomic E-state index is -0.507. The summed E-state index contributed by atoms with van der Waals surface area (Å²) >= 11 is 1.61. The van der Waals surface area contributed by atoms with Crippen LogP contribution in [0.2, 0.25) is 0 Å². The minimum Gasteiger partial charge on any atom is -0.497 e. The van der Waals surface area contributed by atoms with E-state index in [9.17, 15) is 5.11 Å². The van der Waals surface area contributed by atoms with E-state index >= 15 is 0 Å². The number of nitrogens with zero attached hydrogens (tertiary/aromatic N) is 1. The number of aliphatic hydroxyl groups is 1. The van der Waals surface area contributed by atoms with Crippen LogP contribution in [0.5, 0.6) is 5.75 Å². The fraction of sp³-hybridized carbons (Fsp3) is 0.389. The quantitative estimate of drug-likeness (QED) is 0.746. The number of ether oxygens (including phenoxy) is 2. The average Bonchev–Trinajstić information content (AvgIpc) is 2.96. The smallest absolute Gasteiger partial charge is 0.118 e. The number of aryl methyl sites for hydroxylation is 1. The van der Waals surface area contributed by atoms with Crippen LogP contribution in [0.4, 0.5) is 0 Å². The van der Waals surface area contributed by atoms with Gasteiger partial charge >= 0.3 is 0 Å². The van der Waals surface area contributed by atoms with Crippen molar-refractivity contribution < 1.29 is 14.6 Å². The normalized spacial score (nSPS) is 13.1. The van der Waals surface area contributed by atoms with Gasteiger partial charge in [0.05, 0.1) is 30.5 Å². The molecule has 2 aromatic rings. The van der Waals surface area contributed by atoms with Crippen molar-refractivity contribution in [3.8, 4) is 5.75 Å². The largest absolute Gasteiger partial charge is 0.497 e. The molecule has 0 bridgehead atoms. The summed E-state index contributed by atoms with van der Waals surface area (Å²) in [5, 5.41) is 13.2. The SMILES string of the molecule is COc1ccc(COCC[C@H](O)C(C)=Cc2csc(C)n2)cc1. The monoisotopic (exact) mass is 333 g/mol. The Balaban J connectivity index is 1.73. The Bertz CT molecular complexity index is 634. The maximum absolute atomic E-state index is 10.2. The number of aromatic nitrogens is 1. The molecule has 0 amide bonds. The number of thiazole rings is 1. The lowest BCUT2D eigenvalue weighted by Crippen LogP contribution is -2.12. The Hall–Kier alpha value is -1.69. The zero-order valence-electron chi connectivity index (χ0n) is 13.8. The molecule has 1 heterocycles. The third kappa shape index (κ3) is 5.78. The Morgan fingerprint density at radius 1 is 1.35 bits per heavy atom. The fourth-order valence-electron chi connectivity index (χ4n) is 2.11. The molecule has 1 aromatic heterocycles. The molecule has 23 heavy (non-hydrogen) atoms. The Morgan fingerprint density at radius 2 is 2.09 bits per heavy atom. The zero-order chi connectivity index (χ0) is 16.7. The summed E-state index contributed by atoms with van der Waals surface area (Å²) in [6.45, 7) is 4.93. The highest BCUT2D eigenvalue weighted by molar-refractivity contribution is 7.09. The summed E-state index contributed by atoms with van der Waals surface area (Å²) in [6.07, 6.45) is 1.99. The van der Waals surface area contributed by atoms with Gasteiger partial charge in [0.15, 0.2) is 0 Å². The van der Waals surface area contributed by atoms with Crippen LogP contribution in [0.3, 0.4) is 0 Å². The van der Waals surface area contributed by atoms with Crippen LogP contribution in [0, 0.1) is 6.92 Å². The third-order valence-corrected chi connectivity index (χ3v) is 4.29. The van der Waals surface area contributed by atoms with Crippen molar-refractivity contribution in [2.45, 2.75) is 33.0 Å². The molecule has 1 aromatic carbocycles. The molecule has 0 saturated carbocycles. The second-order valence-corrected chi connectivity index (χ2v) is 6.45. The summed E-state index contributed by atoms with van der Waals surface area (Å²) < 4.78 is 10.7. The molecular formula is C18H23NO3S. The second kappa shape index (κ2) is 8.82. The minimum absolute atomic E-state index is 0.507. The molecule has 0 aliphatic carbocycles. The molecule has 0 saturated heterocycles. The van der Waals surface area contributed by atoms with E-state index in [0.717, 1.165) is 27.6 Å². The van der Waals surface area contributed by atoms with Gasteiger partial charge in [0, 0.05) is 18.4 Å². The lowest BCUT2D eigenvalue weighted by Gasteiger charge is -2.11. The maximum atomic E-state index is 10.2. The van der Waals surface area contributed by atoms with E-state index in [1.54, 1.807) is 18.4 Å². The van der Waals surface area contributed by atoms with Gasteiger partial charge in [0.25, 0.3) is 0 Å². The van der Waals surface area contributed by atoms with E-state index < -0.39 is 6.10 Å². The highest BCUT2D eigenvalue weighted by atomic mass is 32.1. The molecule has 4 nitrogen and oxygen atoms in total. The van der Waals surface area contributed by atoms with Gasteiger partial charge < -0.3 is 14.6 Å². The molecule has 2 rings (SSSR count). The Morgan fingerprint density at radius 3 is 2.70 bits per heavy atom. The molecule has 0 unspecified atom stereocenters. The number of hydrogen-bond acceptors (Lipinski definition) is 5. The van der Waals surface area contributed by atoms with E-state index in [-0.39, 0.29) is 0 Å². The molecule has 1 N–H and O–H groups in total. The molecular weight excluding hydrogens is 310 g/mol. The molecule has 0 aliphatic rings. The van der Waals surface area contributed by atoms with Crippen LogP contribution in [-0.4, -0.2) is 29.9 Å². The van der Waals surface area contributed by atoms with Gasteiger partial charge in [-0.15, -0.1) is 11.3 Å². The molecule has 5 heteroatoms. The van der Waals surface area contributed by atoms with E-state index in [4.69, 9.17) is 9.47 Å². The zero-order valence-corrected chi connectivity index (χ0v) is 14.6. The van der Waals surface area contributed by atoms with Crippen molar-refractivity contribution in [1.82, 2.24) is 4.98 Å². The van der Waals surface area contributed by atoms with Crippen LogP contribution in [0.1, 0.15) is 29.6 Å². The number of aliphatic hydroxyl groups excluding tert-OH is 1. The molecule has 0 radical (unpaired) electrons. The number of hydrogen-bond donors (Lipinski definition) is 1. The topological polar surface area (TPSA) is 51.6 Å². The van der Waals surface area contributed by atoms with Gasteiger partial charge in [0.2, 0.25) is 0 Å². The van der Waals surface area contributed by atoms with Crippen molar-refractivity contribution in [1.29, 1.82) is 0 Å². The van der Waals surface area contributed by atoms with Crippen LogP contribution in [-0.2, 0) is 11.3 Å². The highest BCUT2D eigenvalue weighted by Crippen LogP contribution is 2.15. The first-order valence-corrected chi connectivity index (χ1v) is 8.45. The van der Waals surface area contributed by atoms with Crippen molar-refractivity contribution in [2.24, 2.45) is 0 Å². The van der Waals surface area contributed by atoms with Crippen LogP contribution >= 0.6 is 11.3 Å². The summed E-state index contributed by atoms with van der Waals surface area (Å²) in [7, 11) is 1.65. The van der Waals surface area contributed by atoms with Gasteiger partial charge in [-0.3, -0.25) is 0 Å². The van der Waals surface area contributed by atoms with E-state index in [2.05, 4.69) is 4.98 Å².